The predicted molar refractivity (Wildman–Crippen MR) is 73.7 cm³/mol. The third kappa shape index (κ3) is 3.28. The lowest BCUT2D eigenvalue weighted by molar-refractivity contribution is 0.0950. The van der Waals surface area contributed by atoms with E-state index in [0.29, 0.717) is 18.7 Å². The van der Waals surface area contributed by atoms with Crippen LogP contribution in [0.2, 0.25) is 0 Å². The van der Waals surface area contributed by atoms with Gasteiger partial charge < -0.3 is 5.32 Å². The molecule has 0 aliphatic heterocycles. The molecule has 0 saturated carbocycles. The summed E-state index contributed by atoms with van der Waals surface area (Å²) in [5.74, 6) is -0.682. The van der Waals surface area contributed by atoms with Gasteiger partial charge in [-0.05, 0) is 46.9 Å². The second kappa shape index (κ2) is 5.94. The normalized spacial score (nSPS) is 10.3. The van der Waals surface area contributed by atoms with Gasteiger partial charge in [0.2, 0.25) is 0 Å². The van der Waals surface area contributed by atoms with Crippen molar-refractivity contribution < 1.29 is 9.18 Å². The number of carbonyl (C=O) groups excluding carboxylic acids is 1. The zero-order valence-electron chi connectivity index (χ0n) is 9.44. The van der Waals surface area contributed by atoms with Crippen LogP contribution in [0, 0.1) is 9.39 Å². The Labute approximate surface area is 117 Å². The minimum atomic E-state index is -0.410. The molecule has 18 heavy (non-hydrogen) atoms. The lowest BCUT2D eigenvalue weighted by Crippen LogP contribution is -2.28. The first-order valence-electron chi connectivity index (χ1n) is 5.37. The van der Waals surface area contributed by atoms with Crippen molar-refractivity contribution >= 4 is 28.5 Å². The number of nitrogens with one attached hydrogen (secondary N) is 1. The van der Waals surface area contributed by atoms with Crippen molar-refractivity contribution in [3.05, 3.63) is 51.6 Å². The standard InChI is InChI=1S/C12H11FIN3O/c13-9-2-3-11(14)10(8-9)12(18)15-5-7-17-6-1-4-16-17/h1-4,6,8H,5,7H2,(H,15,18). The molecular weight excluding hydrogens is 348 g/mol. The van der Waals surface area contributed by atoms with Crippen molar-refractivity contribution in [2.24, 2.45) is 0 Å². The van der Waals surface area contributed by atoms with E-state index in [1.165, 1.54) is 12.1 Å². The van der Waals surface area contributed by atoms with E-state index in [0.717, 1.165) is 3.57 Å². The molecule has 1 aromatic carbocycles. The van der Waals surface area contributed by atoms with Crippen LogP contribution >= 0.6 is 22.6 Å². The van der Waals surface area contributed by atoms with E-state index < -0.39 is 5.82 Å². The fourth-order valence-corrected chi connectivity index (χ4v) is 2.06. The van der Waals surface area contributed by atoms with E-state index in [4.69, 9.17) is 0 Å². The molecule has 2 rings (SSSR count). The quantitative estimate of drug-likeness (QED) is 0.850. The Hall–Kier alpha value is -1.44. The van der Waals surface area contributed by atoms with Crippen molar-refractivity contribution in [2.45, 2.75) is 6.54 Å². The average Bonchev–Trinajstić information content (AvgIpc) is 2.85. The van der Waals surface area contributed by atoms with Crippen LogP contribution in [0.25, 0.3) is 0 Å². The minimum absolute atomic E-state index is 0.272. The molecule has 0 spiro atoms. The maximum absolute atomic E-state index is 13.1. The largest absolute Gasteiger partial charge is 0.350 e. The van der Waals surface area contributed by atoms with E-state index in [-0.39, 0.29) is 5.91 Å². The van der Waals surface area contributed by atoms with E-state index in [9.17, 15) is 9.18 Å². The molecule has 4 nitrogen and oxygen atoms in total. The number of hydrogen-bond acceptors (Lipinski definition) is 2. The Balaban J connectivity index is 1.93. The van der Waals surface area contributed by atoms with Crippen molar-refractivity contribution in [1.82, 2.24) is 15.1 Å². The number of nitrogens with zero attached hydrogens (tertiary/aromatic N) is 2. The smallest absolute Gasteiger partial charge is 0.252 e. The summed E-state index contributed by atoms with van der Waals surface area (Å²) >= 11 is 2.01. The number of aromatic nitrogens is 2. The molecule has 0 unspecified atom stereocenters. The van der Waals surface area contributed by atoms with Crippen LogP contribution in [0.3, 0.4) is 0 Å². The molecule has 0 saturated heterocycles. The Morgan fingerprint density at radius 3 is 3.06 bits per heavy atom. The summed E-state index contributed by atoms with van der Waals surface area (Å²) in [5, 5.41) is 6.76. The molecule has 0 aliphatic rings. The van der Waals surface area contributed by atoms with Gasteiger partial charge in [-0.15, -0.1) is 0 Å². The monoisotopic (exact) mass is 359 g/mol. The van der Waals surface area contributed by atoms with Gasteiger partial charge in [0.15, 0.2) is 0 Å². The van der Waals surface area contributed by atoms with Gasteiger partial charge in [-0.3, -0.25) is 9.48 Å². The number of amides is 1. The third-order valence-corrected chi connectivity index (χ3v) is 3.30. The maximum atomic E-state index is 13.1. The van der Waals surface area contributed by atoms with Crippen molar-refractivity contribution in [3.63, 3.8) is 0 Å². The molecule has 2 aromatic rings. The number of hydrogen-bond donors (Lipinski definition) is 1. The molecule has 0 aliphatic carbocycles. The number of halogens is 2. The molecule has 1 heterocycles. The SMILES string of the molecule is O=C(NCCn1cccn1)c1cc(F)ccc1I. The second-order valence-electron chi connectivity index (χ2n) is 3.65. The molecule has 0 fully saturated rings. The maximum Gasteiger partial charge on any atom is 0.252 e. The lowest BCUT2D eigenvalue weighted by atomic mass is 10.2. The first-order chi connectivity index (χ1) is 8.66. The van der Waals surface area contributed by atoms with Gasteiger partial charge >= 0.3 is 0 Å². The second-order valence-corrected chi connectivity index (χ2v) is 4.81. The fourth-order valence-electron chi connectivity index (χ4n) is 1.48. The zero-order chi connectivity index (χ0) is 13.0. The Kier molecular flexibility index (Phi) is 4.29. The van der Waals surface area contributed by atoms with Gasteiger partial charge in [0, 0.05) is 22.5 Å². The van der Waals surface area contributed by atoms with Crippen molar-refractivity contribution in [1.29, 1.82) is 0 Å². The van der Waals surface area contributed by atoms with Gasteiger partial charge in [0.05, 0.1) is 12.1 Å². The Morgan fingerprint density at radius 1 is 1.50 bits per heavy atom. The number of carbonyl (C=O) groups is 1. The summed E-state index contributed by atoms with van der Waals surface area (Å²) in [6.45, 7) is 1.04. The topological polar surface area (TPSA) is 46.9 Å². The third-order valence-electron chi connectivity index (χ3n) is 2.36. The first-order valence-corrected chi connectivity index (χ1v) is 6.45. The first kappa shape index (κ1) is 13.0. The highest BCUT2D eigenvalue weighted by Crippen LogP contribution is 2.13. The number of benzene rings is 1. The zero-order valence-corrected chi connectivity index (χ0v) is 11.6. The van der Waals surface area contributed by atoms with Gasteiger partial charge in [-0.2, -0.15) is 5.10 Å². The highest BCUT2D eigenvalue weighted by Gasteiger charge is 2.10. The van der Waals surface area contributed by atoms with Crippen LogP contribution in [0.1, 0.15) is 10.4 Å². The molecule has 0 atom stereocenters. The average molecular weight is 359 g/mol. The molecule has 94 valence electrons. The Bertz CT molecular complexity index is 542. The summed E-state index contributed by atoms with van der Waals surface area (Å²) in [6.07, 6.45) is 3.50. The summed E-state index contributed by atoms with van der Waals surface area (Å²) in [5.41, 5.74) is 0.357. The van der Waals surface area contributed by atoms with Crippen molar-refractivity contribution in [2.75, 3.05) is 6.54 Å². The fraction of sp³-hybridized carbons (Fsp3) is 0.167. The molecular formula is C12H11FIN3O. The predicted octanol–water partition coefficient (Wildman–Crippen LogP) is 2.06. The summed E-state index contributed by atoms with van der Waals surface area (Å²) in [7, 11) is 0. The molecule has 6 heteroatoms. The summed E-state index contributed by atoms with van der Waals surface area (Å²) in [6, 6.07) is 5.98. The summed E-state index contributed by atoms with van der Waals surface area (Å²) in [4.78, 5) is 11.8. The number of rotatable bonds is 4. The van der Waals surface area contributed by atoms with Crippen LogP contribution in [0.5, 0.6) is 0 Å². The molecule has 1 aromatic heterocycles. The molecule has 0 bridgehead atoms. The van der Waals surface area contributed by atoms with E-state index in [1.54, 1.807) is 16.9 Å². The van der Waals surface area contributed by atoms with Crippen LogP contribution in [0.4, 0.5) is 4.39 Å². The highest BCUT2D eigenvalue weighted by molar-refractivity contribution is 14.1. The van der Waals surface area contributed by atoms with Crippen LogP contribution in [0.15, 0.2) is 36.7 Å². The molecule has 1 N–H and O–H groups in total. The molecule has 1 amide bonds. The van der Waals surface area contributed by atoms with Gasteiger partial charge in [-0.25, -0.2) is 4.39 Å². The van der Waals surface area contributed by atoms with E-state index in [1.807, 2.05) is 34.9 Å². The van der Waals surface area contributed by atoms with Crippen molar-refractivity contribution in [3.8, 4) is 0 Å². The van der Waals surface area contributed by atoms with Gasteiger partial charge in [0.1, 0.15) is 5.82 Å². The van der Waals surface area contributed by atoms with E-state index in [2.05, 4.69) is 10.4 Å². The van der Waals surface area contributed by atoms with Crippen LogP contribution in [-0.4, -0.2) is 22.2 Å². The molecule has 0 radical (unpaired) electrons. The van der Waals surface area contributed by atoms with Crippen LogP contribution in [-0.2, 0) is 6.54 Å². The Morgan fingerprint density at radius 2 is 2.33 bits per heavy atom. The van der Waals surface area contributed by atoms with Gasteiger partial charge in [-0.1, -0.05) is 0 Å². The van der Waals surface area contributed by atoms with E-state index >= 15 is 0 Å². The summed E-state index contributed by atoms with van der Waals surface area (Å²) < 4.78 is 15.5. The minimum Gasteiger partial charge on any atom is -0.350 e. The highest BCUT2D eigenvalue weighted by atomic mass is 127. The lowest BCUT2D eigenvalue weighted by Gasteiger charge is -2.07. The van der Waals surface area contributed by atoms with Crippen LogP contribution < -0.4 is 5.32 Å². The van der Waals surface area contributed by atoms with Gasteiger partial charge in [0.25, 0.3) is 5.91 Å².